The van der Waals surface area contributed by atoms with E-state index in [1.54, 1.807) is 0 Å². The lowest BCUT2D eigenvalue weighted by Crippen LogP contribution is -2.16. The fourth-order valence-electron chi connectivity index (χ4n) is 2.53. The lowest BCUT2D eigenvalue weighted by molar-refractivity contribution is -0.142. The van der Waals surface area contributed by atoms with Gasteiger partial charge in [-0.3, -0.25) is 9.53 Å². The summed E-state index contributed by atoms with van der Waals surface area (Å²) in [5.74, 6) is 3.61. The van der Waals surface area contributed by atoms with Crippen molar-refractivity contribution in [2.24, 2.45) is 0 Å². The summed E-state index contributed by atoms with van der Waals surface area (Å²) >= 11 is 0. The topological polar surface area (TPSA) is 57.8 Å². The van der Waals surface area contributed by atoms with E-state index >= 15 is 0 Å². The van der Waals surface area contributed by atoms with Gasteiger partial charge in [-0.1, -0.05) is 0 Å². The smallest absolute Gasteiger partial charge is 0.341 e. The highest BCUT2D eigenvalue weighted by Gasteiger charge is 2.39. The van der Waals surface area contributed by atoms with Crippen molar-refractivity contribution in [1.82, 2.24) is 15.3 Å². The SMILES string of the molecule is C=S1(=O)CN[C@H](c2nc3c(C(F)(F)F)cc(C(F)(F)F)cc3[nH]2)C1. The second-order valence-corrected chi connectivity index (χ2v) is 8.13. The minimum Gasteiger partial charge on any atom is -0.341 e. The first-order valence-corrected chi connectivity index (χ1v) is 8.67. The highest BCUT2D eigenvalue weighted by Crippen LogP contribution is 2.39. The van der Waals surface area contributed by atoms with E-state index < -0.39 is 44.6 Å². The Bertz CT molecular complexity index is 897. The Kier molecular flexibility index (Phi) is 3.65. The number of imidazole rings is 1. The van der Waals surface area contributed by atoms with Gasteiger partial charge in [0.15, 0.2) is 0 Å². The van der Waals surface area contributed by atoms with Gasteiger partial charge in [-0.25, -0.2) is 4.98 Å². The monoisotopic (exact) mass is 371 g/mol. The molecular weight excluding hydrogens is 360 g/mol. The normalized spacial score (nSPS) is 25.5. The predicted octanol–water partition coefficient (Wildman–Crippen LogP) is 2.92. The van der Waals surface area contributed by atoms with Crippen LogP contribution in [0.15, 0.2) is 12.1 Å². The molecule has 2 atom stereocenters. The molecule has 0 radical (unpaired) electrons. The quantitative estimate of drug-likeness (QED) is 0.599. The lowest BCUT2D eigenvalue weighted by Gasteiger charge is -2.11. The average Bonchev–Trinajstić information content (AvgIpc) is 2.97. The van der Waals surface area contributed by atoms with Gasteiger partial charge in [0, 0.05) is 5.75 Å². The van der Waals surface area contributed by atoms with E-state index in [1.807, 2.05) is 0 Å². The zero-order valence-corrected chi connectivity index (χ0v) is 12.7. The summed E-state index contributed by atoms with van der Waals surface area (Å²) in [5, 5.41) is 2.79. The van der Waals surface area contributed by atoms with Gasteiger partial charge in [-0.05, 0) is 27.5 Å². The molecule has 24 heavy (non-hydrogen) atoms. The molecule has 4 nitrogen and oxygen atoms in total. The molecule has 1 unspecified atom stereocenters. The van der Waals surface area contributed by atoms with Crippen LogP contribution in [0.3, 0.4) is 0 Å². The van der Waals surface area contributed by atoms with E-state index in [0.717, 1.165) is 0 Å². The van der Waals surface area contributed by atoms with Crippen molar-refractivity contribution in [3.8, 4) is 0 Å². The summed E-state index contributed by atoms with van der Waals surface area (Å²) in [4.78, 5) is 6.26. The maximum absolute atomic E-state index is 13.1. The number of rotatable bonds is 1. The number of halogens is 6. The number of hydrogen-bond donors (Lipinski definition) is 2. The summed E-state index contributed by atoms with van der Waals surface area (Å²) in [6.45, 7) is 0. The molecule has 1 aliphatic rings. The number of H-pyrrole nitrogens is 1. The largest absolute Gasteiger partial charge is 0.418 e. The van der Waals surface area contributed by atoms with Crippen LogP contribution in [0.5, 0.6) is 0 Å². The molecule has 3 rings (SSSR count). The van der Waals surface area contributed by atoms with Gasteiger partial charge >= 0.3 is 12.4 Å². The van der Waals surface area contributed by atoms with Gasteiger partial charge < -0.3 is 4.98 Å². The molecule has 1 aliphatic heterocycles. The summed E-state index contributed by atoms with van der Waals surface area (Å²) in [6.07, 6.45) is -9.92. The van der Waals surface area contributed by atoms with Crippen LogP contribution in [0, 0.1) is 0 Å². The van der Waals surface area contributed by atoms with Crippen LogP contribution < -0.4 is 5.32 Å². The number of alkyl halides is 6. The van der Waals surface area contributed by atoms with Crippen molar-refractivity contribution in [3.05, 3.63) is 29.1 Å². The molecular formula is C13H11F6N3OS. The van der Waals surface area contributed by atoms with Crippen LogP contribution in [0.25, 0.3) is 11.0 Å². The molecule has 0 spiro atoms. The van der Waals surface area contributed by atoms with Crippen LogP contribution in [0.2, 0.25) is 0 Å². The van der Waals surface area contributed by atoms with Crippen molar-refractivity contribution in [2.45, 2.75) is 18.4 Å². The number of fused-ring (bicyclic) bond motifs is 1. The molecule has 2 aromatic rings. The first-order valence-electron chi connectivity index (χ1n) is 6.61. The Balaban J connectivity index is 2.18. The predicted molar refractivity (Wildman–Crippen MR) is 77.0 cm³/mol. The minimum absolute atomic E-state index is 0.00343. The first-order chi connectivity index (χ1) is 10.9. The number of aromatic amines is 1. The maximum Gasteiger partial charge on any atom is 0.418 e. The summed E-state index contributed by atoms with van der Waals surface area (Å²) in [5.41, 5.74) is -3.87. The van der Waals surface area contributed by atoms with Crippen LogP contribution >= 0.6 is 0 Å². The van der Waals surface area contributed by atoms with Gasteiger partial charge in [0.25, 0.3) is 0 Å². The van der Waals surface area contributed by atoms with Gasteiger partial charge in [0.1, 0.15) is 11.3 Å². The van der Waals surface area contributed by atoms with Gasteiger partial charge in [0.2, 0.25) is 0 Å². The Morgan fingerprint density at radius 3 is 2.33 bits per heavy atom. The molecule has 2 heterocycles. The van der Waals surface area contributed by atoms with Crippen molar-refractivity contribution >= 4 is 26.4 Å². The second kappa shape index (κ2) is 5.12. The molecule has 1 aromatic heterocycles. The number of benzene rings is 1. The number of nitrogens with zero attached hydrogens (tertiary/aromatic N) is 1. The zero-order chi connectivity index (χ0) is 17.9. The first kappa shape index (κ1) is 17.1. The van der Waals surface area contributed by atoms with Crippen molar-refractivity contribution in [3.63, 3.8) is 0 Å². The summed E-state index contributed by atoms with van der Waals surface area (Å²) in [6, 6.07) is -0.0327. The molecule has 132 valence electrons. The molecule has 0 bridgehead atoms. The molecule has 1 saturated heterocycles. The van der Waals surface area contributed by atoms with E-state index in [4.69, 9.17) is 0 Å². The van der Waals surface area contributed by atoms with E-state index in [2.05, 4.69) is 21.2 Å². The van der Waals surface area contributed by atoms with Crippen molar-refractivity contribution in [1.29, 1.82) is 0 Å². The fourth-order valence-corrected chi connectivity index (χ4v) is 4.04. The zero-order valence-electron chi connectivity index (χ0n) is 11.9. The van der Waals surface area contributed by atoms with Crippen LogP contribution in [-0.2, 0) is 21.9 Å². The van der Waals surface area contributed by atoms with E-state index in [1.165, 1.54) is 0 Å². The van der Waals surface area contributed by atoms with Crippen molar-refractivity contribution in [2.75, 3.05) is 11.6 Å². The van der Waals surface area contributed by atoms with Crippen LogP contribution in [-0.4, -0.2) is 31.7 Å². The van der Waals surface area contributed by atoms with E-state index in [-0.39, 0.29) is 29.0 Å². The molecule has 2 N–H and O–H groups in total. The van der Waals surface area contributed by atoms with Gasteiger partial charge in [-0.15, -0.1) is 0 Å². The lowest BCUT2D eigenvalue weighted by atomic mass is 10.1. The molecule has 1 aromatic carbocycles. The Morgan fingerprint density at radius 1 is 1.17 bits per heavy atom. The van der Waals surface area contributed by atoms with Crippen molar-refractivity contribution < 1.29 is 30.6 Å². The van der Waals surface area contributed by atoms with Crippen LogP contribution in [0.4, 0.5) is 26.3 Å². The number of hydrogen-bond acceptors (Lipinski definition) is 3. The average molecular weight is 371 g/mol. The molecule has 11 heteroatoms. The Hall–Kier alpha value is -1.75. The van der Waals surface area contributed by atoms with E-state index in [9.17, 15) is 30.6 Å². The third-order valence-electron chi connectivity index (χ3n) is 3.63. The Morgan fingerprint density at radius 2 is 1.83 bits per heavy atom. The molecule has 0 saturated carbocycles. The molecule has 0 amide bonds. The minimum atomic E-state index is -4.99. The Labute approximate surface area is 132 Å². The summed E-state index contributed by atoms with van der Waals surface area (Å²) < 4.78 is 89.7. The number of aromatic nitrogens is 2. The van der Waals surface area contributed by atoms with Crippen LogP contribution in [0.1, 0.15) is 23.0 Å². The standard InChI is InChI=1S/C13H11F6N3OS/c1-24(23)4-9(20-5-24)11-21-8-3-6(12(14,15)16)2-7(10(8)22-11)13(17,18)19/h2-3,9,20H,1,4-5H2,(H,21,22)/t9-,24?/m0/s1. The second-order valence-electron chi connectivity index (χ2n) is 5.57. The van der Waals surface area contributed by atoms with E-state index in [0.29, 0.717) is 6.07 Å². The van der Waals surface area contributed by atoms with Gasteiger partial charge in [0.05, 0.1) is 28.6 Å². The third kappa shape index (κ3) is 3.09. The third-order valence-corrected chi connectivity index (χ3v) is 5.26. The fraction of sp³-hybridized carbons (Fsp3) is 0.385. The summed E-state index contributed by atoms with van der Waals surface area (Å²) in [7, 11) is -2.42. The number of nitrogens with one attached hydrogen (secondary N) is 2. The van der Waals surface area contributed by atoms with Gasteiger partial charge in [-0.2, -0.15) is 26.3 Å². The molecule has 0 aliphatic carbocycles. The molecule has 1 fully saturated rings. The maximum atomic E-state index is 13.1. The highest BCUT2D eigenvalue weighted by molar-refractivity contribution is 8.00. The highest BCUT2D eigenvalue weighted by atomic mass is 32.2.